The molecule has 0 bridgehead atoms. The van der Waals surface area contributed by atoms with E-state index in [2.05, 4.69) is 4.90 Å². The molecule has 1 atom stereocenters. The Balaban J connectivity index is 2.23. The Morgan fingerprint density at radius 1 is 1.53 bits per heavy atom. The van der Waals surface area contributed by atoms with Crippen LogP contribution in [0.15, 0.2) is 0 Å². The number of nitrogens with two attached hydrogens (primary N) is 1. The van der Waals surface area contributed by atoms with E-state index >= 15 is 0 Å². The highest BCUT2D eigenvalue weighted by molar-refractivity contribution is 7.80. The minimum atomic E-state index is 0.149. The van der Waals surface area contributed by atoms with Crippen LogP contribution in [0.25, 0.3) is 0 Å². The van der Waals surface area contributed by atoms with Crippen LogP contribution in [0.1, 0.15) is 25.7 Å². The summed E-state index contributed by atoms with van der Waals surface area (Å²) in [5, 5.41) is 0. The van der Waals surface area contributed by atoms with Crippen molar-refractivity contribution in [2.75, 3.05) is 40.3 Å². The highest BCUT2D eigenvalue weighted by atomic mass is 32.1. The predicted molar refractivity (Wildman–Crippen MR) is 80.1 cm³/mol. The van der Waals surface area contributed by atoms with E-state index in [0.29, 0.717) is 30.5 Å². The lowest BCUT2D eigenvalue weighted by atomic mass is 10.1. The van der Waals surface area contributed by atoms with Gasteiger partial charge in [-0.2, -0.15) is 0 Å². The fourth-order valence-electron chi connectivity index (χ4n) is 2.26. The molecule has 0 aromatic rings. The predicted octanol–water partition coefficient (Wildman–Crippen LogP) is 0.622. The second-order valence-electron chi connectivity index (χ2n) is 5.08. The normalized spacial score (nSPS) is 20.2. The van der Waals surface area contributed by atoms with Crippen molar-refractivity contribution >= 4 is 23.1 Å². The summed E-state index contributed by atoms with van der Waals surface area (Å²) in [6, 6.07) is 0. The Morgan fingerprint density at radius 2 is 2.26 bits per heavy atom. The summed E-state index contributed by atoms with van der Waals surface area (Å²) < 4.78 is 5.38. The summed E-state index contributed by atoms with van der Waals surface area (Å²) in [6.07, 6.45) is 3.71. The van der Waals surface area contributed by atoms with Gasteiger partial charge in [-0.05, 0) is 19.4 Å². The minimum Gasteiger partial charge on any atom is -0.393 e. The molecule has 2 N–H and O–H groups in total. The van der Waals surface area contributed by atoms with Crippen molar-refractivity contribution in [2.45, 2.75) is 31.8 Å². The van der Waals surface area contributed by atoms with Gasteiger partial charge < -0.3 is 20.3 Å². The fraction of sp³-hybridized carbons (Fsp3) is 0.846. The number of ether oxygens (including phenoxy) is 1. The number of piperidine rings is 1. The van der Waals surface area contributed by atoms with Gasteiger partial charge in [0.2, 0.25) is 5.91 Å². The number of amides is 1. The lowest BCUT2D eigenvalue weighted by molar-refractivity contribution is -0.130. The van der Waals surface area contributed by atoms with E-state index in [1.165, 1.54) is 0 Å². The van der Waals surface area contributed by atoms with Crippen LogP contribution in [-0.4, -0.2) is 67.1 Å². The number of nitrogens with zero attached hydrogens (tertiary/aromatic N) is 2. The summed E-state index contributed by atoms with van der Waals surface area (Å²) in [6.45, 7) is 3.40. The molecule has 110 valence electrons. The first-order valence-corrected chi connectivity index (χ1v) is 7.21. The van der Waals surface area contributed by atoms with Crippen molar-refractivity contribution in [3.05, 3.63) is 0 Å². The Morgan fingerprint density at radius 3 is 2.89 bits per heavy atom. The smallest absolute Gasteiger partial charge is 0.223 e. The molecule has 0 radical (unpaired) electrons. The summed E-state index contributed by atoms with van der Waals surface area (Å²) in [5.41, 5.74) is 5.43. The number of likely N-dealkylation sites (tertiary alicyclic amines) is 1. The molecule has 1 aliphatic rings. The van der Waals surface area contributed by atoms with Crippen LogP contribution in [0.5, 0.6) is 0 Å². The lowest BCUT2D eigenvalue weighted by Gasteiger charge is -2.32. The third-order valence-electron chi connectivity index (χ3n) is 3.56. The Kier molecular flexibility index (Phi) is 7.27. The van der Waals surface area contributed by atoms with Gasteiger partial charge >= 0.3 is 0 Å². The highest BCUT2D eigenvalue weighted by Crippen LogP contribution is 2.12. The lowest BCUT2D eigenvalue weighted by Crippen LogP contribution is -2.41. The van der Waals surface area contributed by atoms with Crippen LogP contribution in [0, 0.1) is 0 Å². The summed E-state index contributed by atoms with van der Waals surface area (Å²) in [7, 11) is 3.55. The van der Waals surface area contributed by atoms with E-state index in [4.69, 9.17) is 22.7 Å². The number of hydrogen-bond acceptors (Lipinski definition) is 4. The maximum Gasteiger partial charge on any atom is 0.223 e. The molecule has 0 aromatic carbocycles. The van der Waals surface area contributed by atoms with Gasteiger partial charge in [0.05, 0.1) is 11.1 Å². The molecule has 5 nitrogen and oxygen atoms in total. The topological polar surface area (TPSA) is 58.8 Å². The maximum atomic E-state index is 11.9. The van der Waals surface area contributed by atoms with Crippen LogP contribution in [0.2, 0.25) is 0 Å². The van der Waals surface area contributed by atoms with E-state index < -0.39 is 0 Å². The second kappa shape index (κ2) is 8.45. The van der Waals surface area contributed by atoms with Crippen LogP contribution < -0.4 is 5.73 Å². The zero-order valence-electron chi connectivity index (χ0n) is 11.9. The number of carbonyl (C=O) groups is 1. The second-order valence-corrected chi connectivity index (χ2v) is 5.61. The fourth-order valence-corrected chi connectivity index (χ4v) is 2.35. The highest BCUT2D eigenvalue weighted by Gasteiger charge is 2.20. The Labute approximate surface area is 121 Å². The van der Waals surface area contributed by atoms with Gasteiger partial charge in [-0.3, -0.25) is 4.79 Å². The molecule has 1 unspecified atom stereocenters. The van der Waals surface area contributed by atoms with Crippen LogP contribution in [0.3, 0.4) is 0 Å². The van der Waals surface area contributed by atoms with Crippen molar-refractivity contribution in [2.24, 2.45) is 5.73 Å². The van der Waals surface area contributed by atoms with Gasteiger partial charge in [-0.1, -0.05) is 12.2 Å². The molecule has 1 aliphatic heterocycles. The van der Waals surface area contributed by atoms with Crippen LogP contribution in [-0.2, 0) is 9.53 Å². The molecule has 1 saturated heterocycles. The molecule has 1 amide bonds. The molecule has 1 heterocycles. The Hall–Kier alpha value is -0.720. The summed E-state index contributed by atoms with van der Waals surface area (Å²) >= 11 is 4.81. The van der Waals surface area contributed by atoms with Crippen molar-refractivity contribution < 1.29 is 9.53 Å². The average Bonchev–Trinajstić information content (AvgIpc) is 2.42. The third kappa shape index (κ3) is 6.31. The van der Waals surface area contributed by atoms with Gasteiger partial charge in [0.1, 0.15) is 0 Å². The molecular formula is C13H25N3O2S. The largest absolute Gasteiger partial charge is 0.393 e. The molecule has 0 aliphatic carbocycles. The van der Waals surface area contributed by atoms with Gasteiger partial charge in [0, 0.05) is 46.6 Å². The number of methoxy groups -OCH3 is 1. The number of thiocarbonyl (C=S) groups is 1. The standard InChI is InChI=1S/C13H25N3O2S/c1-15(8-5-12(14)19)13(17)6-9-16-7-3-4-11(10-16)18-2/h11H,3-10H2,1-2H3,(H2,14,19). The monoisotopic (exact) mass is 287 g/mol. The van der Waals surface area contributed by atoms with Crippen molar-refractivity contribution in [1.29, 1.82) is 0 Å². The Bertz CT molecular complexity index is 312. The van der Waals surface area contributed by atoms with Gasteiger partial charge in [-0.15, -0.1) is 0 Å². The van der Waals surface area contributed by atoms with Crippen LogP contribution in [0.4, 0.5) is 0 Å². The molecule has 6 heteroatoms. The van der Waals surface area contributed by atoms with Gasteiger partial charge in [0.15, 0.2) is 0 Å². The molecule has 0 aromatic heterocycles. The van der Waals surface area contributed by atoms with Crippen molar-refractivity contribution in [1.82, 2.24) is 9.80 Å². The van der Waals surface area contributed by atoms with Crippen LogP contribution >= 0.6 is 12.2 Å². The average molecular weight is 287 g/mol. The van der Waals surface area contributed by atoms with Gasteiger partial charge in [0.25, 0.3) is 0 Å². The quantitative estimate of drug-likeness (QED) is 0.696. The van der Waals surface area contributed by atoms with E-state index in [9.17, 15) is 4.79 Å². The third-order valence-corrected chi connectivity index (χ3v) is 3.76. The molecule has 1 rings (SSSR count). The molecule has 0 spiro atoms. The maximum absolute atomic E-state index is 11.9. The number of carbonyl (C=O) groups excluding carboxylic acids is 1. The summed E-state index contributed by atoms with van der Waals surface area (Å²) in [5.74, 6) is 0.149. The molecule has 0 saturated carbocycles. The van der Waals surface area contributed by atoms with E-state index in [-0.39, 0.29) is 5.91 Å². The first kappa shape index (κ1) is 16.3. The first-order chi connectivity index (χ1) is 9.02. The number of rotatable bonds is 7. The van der Waals surface area contributed by atoms with E-state index in [1.54, 1.807) is 19.1 Å². The van der Waals surface area contributed by atoms with E-state index in [0.717, 1.165) is 32.5 Å². The van der Waals surface area contributed by atoms with Crippen molar-refractivity contribution in [3.63, 3.8) is 0 Å². The molecule has 19 heavy (non-hydrogen) atoms. The first-order valence-electron chi connectivity index (χ1n) is 6.80. The molecule has 1 fully saturated rings. The molecular weight excluding hydrogens is 262 g/mol. The SMILES string of the molecule is COC1CCCN(CCC(=O)N(C)CCC(N)=S)C1. The zero-order valence-corrected chi connectivity index (χ0v) is 12.7. The minimum absolute atomic E-state index is 0.149. The number of hydrogen-bond donors (Lipinski definition) is 1. The van der Waals surface area contributed by atoms with Gasteiger partial charge in [-0.25, -0.2) is 0 Å². The summed E-state index contributed by atoms with van der Waals surface area (Å²) in [4.78, 5) is 16.4. The van der Waals surface area contributed by atoms with E-state index in [1.807, 2.05) is 0 Å². The van der Waals surface area contributed by atoms with Crippen molar-refractivity contribution in [3.8, 4) is 0 Å². The zero-order chi connectivity index (χ0) is 14.3.